The van der Waals surface area contributed by atoms with Crippen molar-refractivity contribution in [3.05, 3.63) is 36.1 Å². The predicted molar refractivity (Wildman–Crippen MR) is 84.4 cm³/mol. The van der Waals surface area contributed by atoms with E-state index >= 15 is 0 Å². The van der Waals surface area contributed by atoms with Crippen molar-refractivity contribution in [3.63, 3.8) is 0 Å². The molecule has 1 fully saturated rings. The molecule has 22 heavy (non-hydrogen) atoms. The number of hydrogen-bond donors (Lipinski definition) is 3. The van der Waals surface area contributed by atoms with Crippen LogP contribution in [0.1, 0.15) is 31.4 Å². The zero-order valence-corrected chi connectivity index (χ0v) is 12.5. The molecule has 0 unspecified atom stereocenters. The molecular formula is C17H22N2O3. The highest BCUT2D eigenvalue weighted by molar-refractivity contribution is 5.78. The van der Waals surface area contributed by atoms with Gasteiger partial charge < -0.3 is 20.2 Å². The molecule has 0 radical (unpaired) electrons. The van der Waals surface area contributed by atoms with Crippen molar-refractivity contribution in [2.75, 3.05) is 6.61 Å². The Morgan fingerprint density at radius 2 is 2.00 bits per heavy atom. The number of carbonyl (C=O) groups is 1. The van der Waals surface area contributed by atoms with E-state index in [1.165, 1.54) is 0 Å². The lowest BCUT2D eigenvalue weighted by Crippen LogP contribution is -2.43. The number of aliphatic hydroxyl groups excluding tert-OH is 1. The molecule has 1 saturated carbocycles. The van der Waals surface area contributed by atoms with Gasteiger partial charge in [0.05, 0.1) is 6.54 Å². The number of urea groups is 1. The van der Waals surface area contributed by atoms with Crippen molar-refractivity contribution < 1.29 is 14.3 Å². The Kier molecular flexibility index (Phi) is 4.63. The lowest BCUT2D eigenvalue weighted by atomic mass is 9.87. The molecule has 0 spiro atoms. The highest BCUT2D eigenvalue weighted by Gasteiger charge is 2.21. The Labute approximate surface area is 129 Å². The van der Waals surface area contributed by atoms with Gasteiger partial charge in [-0.2, -0.15) is 0 Å². The van der Waals surface area contributed by atoms with Gasteiger partial charge in [-0.1, -0.05) is 18.2 Å². The smallest absolute Gasteiger partial charge is 0.315 e. The molecule has 3 rings (SSSR count). The molecule has 0 aliphatic heterocycles. The van der Waals surface area contributed by atoms with Crippen LogP contribution >= 0.6 is 0 Å². The lowest BCUT2D eigenvalue weighted by molar-refractivity contribution is 0.174. The van der Waals surface area contributed by atoms with Gasteiger partial charge in [-0.3, -0.25) is 0 Å². The first kappa shape index (κ1) is 14.9. The molecule has 118 valence electrons. The predicted octanol–water partition coefficient (Wildman–Crippen LogP) is 2.78. The second-order valence-electron chi connectivity index (χ2n) is 5.98. The Balaban J connectivity index is 1.46. The summed E-state index contributed by atoms with van der Waals surface area (Å²) in [5, 5.41) is 16.0. The van der Waals surface area contributed by atoms with Gasteiger partial charge in [-0.15, -0.1) is 0 Å². The molecule has 5 heteroatoms. The van der Waals surface area contributed by atoms with Gasteiger partial charge in [0.2, 0.25) is 0 Å². The maximum Gasteiger partial charge on any atom is 0.315 e. The number of amides is 2. The van der Waals surface area contributed by atoms with Crippen molar-refractivity contribution >= 4 is 17.0 Å². The molecule has 0 atom stereocenters. The van der Waals surface area contributed by atoms with E-state index in [-0.39, 0.29) is 18.7 Å². The average Bonchev–Trinajstić information content (AvgIpc) is 2.96. The van der Waals surface area contributed by atoms with Gasteiger partial charge in [0.1, 0.15) is 11.3 Å². The fraction of sp³-hybridized carbons (Fsp3) is 0.471. The highest BCUT2D eigenvalue weighted by Crippen LogP contribution is 2.23. The maximum absolute atomic E-state index is 11.9. The minimum absolute atomic E-state index is 0.159. The van der Waals surface area contributed by atoms with E-state index in [0.29, 0.717) is 12.5 Å². The Morgan fingerprint density at radius 1 is 1.23 bits per heavy atom. The fourth-order valence-electron chi connectivity index (χ4n) is 3.02. The van der Waals surface area contributed by atoms with Crippen molar-refractivity contribution in [1.29, 1.82) is 0 Å². The Bertz CT molecular complexity index is 597. The summed E-state index contributed by atoms with van der Waals surface area (Å²) in [6.45, 7) is 0.636. The Morgan fingerprint density at radius 3 is 2.73 bits per heavy atom. The number of furan rings is 1. The van der Waals surface area contributed by atoms with Crippen LogP contribution in [0.4, 0.5) is 4.79 Å². The third-order valence-electron chi connectivity index (χ3n) is 4.34. The van der Waals surface area contributed by atoms with Crippen molar-refractivity contribution in [2.24, 2.45) is 5.92 Å². The summed E-state index contributed by atoms with van der Waals surface area (Å²) in [5.74, 6) is 1.15. The van der Waals surface area contributed by atoms with Crippen LogP contribution in [0.3, 0.4) is 0 Å². The summed E-state index contributed by atoms with van der Waals surface area (Å²) in [7, 11) is 0. The number of para-hydroxylation sites is 1. The summed E-state index contributed by atoms with van der Waals surface area (Å²) in [6.07, 6.45) is 3.82. The lowest BCUT2D eigenvalue weighted by Gasteiger charge is -2.27. The highest BCUT2D eigenvalue weighted by atomic mass is 16.3. The zero-order chi connectivity index (χ0) is 15.4. The molecule has 5 nitrogen and oxygen atoms in total. The van der Waals surface area contributed by atoms with Crippen LogP contribution in [-0.4, -0.2) is 23.8 Å². The Hall–Kier alpha value is -2.01. The quantitative estimate of drug-likeness (QED) is 0.813. The van der Waals surface area contributed by atoms with Gasteiger partial charge in [0, 0.05) is 18.0 Å². The average molecular weight is 302 g/mol. The monoisotopic (exact) mass is 302 g/mol. The number of carbonyl (C=O) groups excluding carboxylic acids is 1. The number of aliphatic hydroxyl groups is 1. The molecule has 1 aliphatic rings. The van der Waals surface area contributed by atoms with Gasteiger partial charge in [0.15, 0.2) is 0 Å². The van der Waals surface area contributed by atoms with E-state index in [0.717, 1.165) is 42.4 Å². The minimum Gasteiger partial charge on any atom is -0.459 e. The molecule has 1 aliphatic carbocycles. The molecule has 0 bridgehead atoms. The molecule has 1 aromatic heterocycles. The summed E-state index contributed by atoms with van der Waals surface area (Å²) in [6, 6.07) is 9.79. The van der Waals surface area contributed by atoms with Crippen LogP contribution in [0.5, 0.6) is 0 Å². The van der Waals surface area contributed by atoms with E-state index in [1.807, 2.05) is 30.3 Å². The van der Waals surface area contributed by atoms with Crippen LogP contribution in [0.15, 0.2) is 34.7 Å². The minimum atomic E-state index is -0.159. The topological polar surface area (TPSA) is 74.5 Å². The van der Waals surface area contributed by atoms with Gasteiger partial charge in [-0.25, -0.2) is 4.79 Å². The van der Waals surface area contributed by atoms with E-state index in [9.17, 15) is 4.79 Å². The van der Waals surface area contributed by atoms with E-state index < -0.39 is 0 Å². The molecule has 3 N–H and O–H groups in total. The number of benzene rings is 1. The third-order valence-corrected chi connectivity index (χ3v) is 4.34. The largest absolute Gasteiger partial charge is 0.459 e. The number of rotatable bonds is 4. The van der Waals surface area contributed by atoms with Crippen molar-refractivity contribution in [2.45, 2.75) is 38.3 Å². The SMILES string of the molecule is O=C(NCc1cc2ccccc2o1)NC1CCC(CO)CC1. The first-order chi connectivity index (χ1) is 10.7. The summed E-state index contributed by atoms with van der Waals surface area (Å²) in [5.41, 5.74) is 0.835. The summed E-state index contributed by atoms with van der Waals surface area (Å²) >= 11 is 0. The normalized spacial score (nSPS) is 21.7. The van der Waals surface area contributed by atoms with Crippen LogP contribution in [0.25, 0.3) is 11.0 Å². The van der Waals surface area contributed by atoms with Crippen LogP contribution < -0.4 is 10.6 Å². The van der Waals surface area contributed by atoms with E-state index in [1.54, 1.807) is 0 Å². The third kappa shape index (κ3) is 3.60. The van der Waals surface area contributed by atoms with Crippen LogP contribution in [-0.2, 0) is 6.54 Å². The summed E-state index contributed by atoms with van der Waals surface area (Å²) in [4.78, 5) is 11.9. The molecule has 1 aromatic carbocycles. The molecule has 1 heterocycles. The van der Waals surface area contributed by atoms with Crippen molar-refractivity contribution in [1.82, 2.24) is 10.6 Å². The standard InChI is InChI=1S/C17H22N2O3/c20-11-12-5-7-14(8-6-12)19-17(21)18-10-15-9-13-3-1-2-4-16(13)22-15/h1-4,9,12,14,20H,5-8,10-11H2,(H2,18,19,21). The molecule has 0 saturated heterocycles. The van der Waals surface area contributed by atoms with Gasteiger partial charge >= 0.3 is 6.03 Å². The maximum atomic E-state index is 11.9. The molecular weight excluding hydrogens is 280 g/mol. The second-order valence-corrected chi connectivity index (χ2v) is 5.98. The first-order valence-electron chi connectivity index (χ1n) is 7.87. The number of hydrogen-bond acceptors (Lipinski definition) is 3. The first-order valence-corrected chi connectivity index (χ1v) is 7.87. The number of fused-ring (bicyclic) bond motifs is 1. The van der Waals surface area contributed by atoms with Crippen LogP contribution in [0.2, 0.25) is 0 Å². The zero-order valence-electron chi connectivity index (χ0n) is 12.5. The van der Waals surface area contributed by atoms with Gasteiger partial charge in [0.25, 0.3) is 0 Å². The molecule has 2 aromatic rings. The summed E-state index contributed by atoms with van der Waals surface area (Å²) < 4.78 is 5.67. The van der Waals surface area contributed by atoms with Crippen LogP contribution in [0, 0.1) is 5.92 Å². The fourth-order valence-corrected chi connectivity index (χ4v) is 3.02. The number of nitrogens with one attached hydrogen (secondary N) is 2. The van der Waals surface area contributed by atoms with Crippen molar-refractivity contribution in [3.8, 4) is 0 Å². The van der Waals surface area contributed by atoms with Gasteiger partial charge in [-0.05, 0) is 43.7 Å². The van der Waals surface area contributed by atoms with E-state index in [4.69, 9.17) is 9.52 Å². The van der Waals surface area contributed by atoms with E-state index in [2.05, 4.69) is 10.6 Å². The molecule has 2 amide bonds. The second kappa shape index (κ2) is 6.83.